The number of amides is 1. The summed E-state index contributed by atoms with van der Waals surface area (Å²) < 4.78 is 0. The zero-order valence-corrected chi connectivity index (χ0v) is 9.06. The lowest BCUT2D eigenvalue weighted by molar-refractivity contribution is 0.102. The van der Waals surface area contributed by atoms with Crippen molar-refractivity contribution in [2.45, 2.75) is 0 Å². The lowest BCUT2D eigenvalue weighted by atomic mass is 10.3. The molecule has 2 rings (SSSR count). The Morgan fingerprint density at radius 3 is 3.00 bits per heavy atom. The number of nitriles is 1. The van der Waals surface area contributed by atoms with Crippen molar-refractivity contribution in [3.05, 3.63) is 35.0 Å². The van der Waals surface area contributed by atoms with E-state index >= 15 is 0 Å². The molecule has 2 aromatic heterocycles. The Balaban J connectivity index is 2.21. The van der Waals surface area contributed by atoms with Crippen molar-refractivity contribution in [3.63, 3.8) is 0 Å². The van der Waals surface area contributed by atoms with Gasteiger partial charge in [-0.25, -0.2) is 4.98 Å². The van der Waals surface area contributed by atoms with Crippen LogP contribution in [0.5, 0.6) is 0 Å². The fraction of sp³-hybridized carbons (Fsp3) is 0. The average molecular weight is 249 g/mol. The molecule has 1 amide bonds. The minimum absolute atomic E-state index is 0.0518. The van der Waals surface area contributed by atoms with E-state index in [-0.39, 0.29) is 22.2 Å². The lowest BCUT2D eigenvalue weighted by Crippen LogP contribution is -2.15. The van der Waals surface area contributed by atoms with E-state index in [4.69, 9.17) is 16.9 Å². The minimum Gasteiger partial charge on any atom is -0.304 e. The van der Waals surface area contributed by atoms with Crippen molar-refractivity contribution < 1.29 is 4.79 Å². The molecule has 0 saturated heterocycles. The van der Waals surface area contributed by atoms with E-state index in [9.17, 15) is 4.79 Å². The molecule has 0 aliphatic heterocycles. The van der Waals surface area contributed by atoms with Crippen molar-refractivity contribution in [3.8, 4) is 6.07 Å². The molecule has 0 aromatic carbocycles. The molecule has 84 valence electrons. The Morgan fingerprint density at radius 1 is 1.47 bits per heavy atom. The molecule has 2 aromatic rings. The van der Waals surface area contributed by atoms with Crippen molar-refractivity contribution in [2.24, 2.45) is 0 Å². The van der Waals surface area contributed by atoms with Gasteiger partial charge < -0.3 is 5.32 Å². The smallest absolute Gasteiger partial charge is 0.277 e. The van der Waals surface area contributed by atoms with Gasteiger partial charge in [0, 0.05) is 0 Å². The summed E-state index contributed by atoms with van der Waals surface area (Å²) in [5.74, 6) is -0.319. The van der Waals surface area contributed by atoms with Gasteiger partial charge in [0.05, 0.1) is 18.6 Å². The number of carbonyl (C=O) groups excluding carboxylic acids is 1. The summed E-state index contributed by atoms with van der Waals surface area (Å²) in [6.07, 6.45) is 3.89. The minimum atomic E-state index is -0.527. The number of H-pyrrole nitrogens is 1. The van der Waals surface area contributed by atoms with Crippen molar-refractivity contribution in [1.29, 1.82) is 5.26 Å². The predicted octanol–water partition coefficient (Wildman–Crippen LogP) is 0.977. The Bertz CT molecular complexity index is 602. The third-order valence-electron chi connectivity index (χ3n) is 1.84. The highest BCUT2D eigenvalue weighted by Crippen LogP contribution is 2.10. The highest BCUT2D eigenvalue weighted by Gasteiger charge is 2.12. The molecule has 0 atom stereocenters. The molecule has 17 heavy (non-hydrogen) atoms. The number of aromatic amines is 1. The number of nitrogens with zero attached hydrogens (tertiary/aromatic N) is 4. The number of hydrogen-bond acceptors (Lipinski definition) is 5. The van der Waals surface area contributed by atoms with E-state index in [1.54, 1.807) is 0 Å². The number of anilines is 1. The van der Waals surface area contributed by atoms with Gasteiger partial charge in [0.25, 0.3) is 5.91 Å². The van der Waals surface area contributed by atoms with Gasteiger partial charge in [0.1, 0.15) is 28.3 Å². The van der Waals surface area contributed by atoms with Crippen LogP contribution in [0.1, 0.15) is 16.1 Å². The first-order chi connectivity index (χ1) is 8.20. The van der Waals surface area contributed by atoms with E-state index in [1.165, 1.54) is 18.6 Å². The van der Waals surface area contributed by atoms with Crippen molar-refractivity contribution in [2.75, 3.05) is 5.32 Å². The lowest BCUT2D eigenvalue weighted by Gasteiger charge is -2.01. The van der Waals surface area contributed by atoms with Crippen LogP contribution in [-0.2, 0) is 0 Å². The van der Waals surface area contributed by atoms with E-state index in [2.05, 4.69) is 25.5 Å². The van der Waals surface area contributed by atoms with Crippen LogP contribution < -0.4 is 5.32 Å². The molecule has 0 fully saturated rings. The SMILES string of the molecule is N#Cc1cn[nH]c1NC(=O)c1cncc(Cl)n1. The van der Waals surface area contributed by atoms with Crippen LogP contribution in [0.2, 0.25) is 5.15 Å². The first-order valence-corrected chi connectivity index (χ1v) is 4.81. The summed E-state index contributed by atoms with van der Waals surface area (Å²) in [6, 6.07) is 1.87. The normalized spacial score (nSPS) is 9.65. The monoisotopic (exact) mass is 248 g/mol. The molecular formula is C9H5ClN6O. The summed E-state index contributed by atoms with van der Waals surface area (Å²) in [6.45, 7) is 0. The predicted molar refractivity (Wildman–Crippen MR) is 58.3 cm³/mol. The van der Waals surface area contributed by atoms with Gasteiger partial charge in [-0.1, -0.05) is 11.6 Å². The van der Waals surface area contributed by atoms with Gasteiger partial charge in [-0.3, -0.25) is 14.9 Å². The summed E-state index contributed by atoms with van der Waals surface area (Å²) in [5.41, 5.74) is 0.282. The van der Waals surface area contributed by atoms with E-state index in [1.807, 2.05) is 6.07 Å². The third kappa shape index (κ3) is 2.38. The van der Waals surface area contributed by atoms with Gasteiger partial charge in [-0.15, -0.1) is 0 Å². The standard InChI is InChI=1S/C9H5ClN6O/c10-7-4-12-3-6(14-7)9(17)15-8-5(1-11)2-13-16-8/h2-4H,(H2,13,15,16,17). The van der Waals surface area contributed by atoms with Crippen LogP contribution in [0.25, 0.3) is 0 Å². The maximum Gasteiger partial charge on any atom is 0.277 e. The quantitative estimate of drug-likeness (QED) is 0.824. The number of rotatable bonds is 2. The molecular weight excluding hydrogens is 244 g/mol. The highest BCUT2D eigenvalue weighted by atomic mass is 35.5. The molecule has 0 radical (unpaired) electrons. The number of hydrogen-bond donors (Lipinski definition) is 2. The Kier molecular flexibility index (Phi) is 2.98. The van der Waals surface area contributed by atoms with E-state index in [0.29, 0.717) is 0 Å². The van der Waals surface area contributed by atoms with Gasteiger partial charge >= 0.3 is 0 Å². The van der Waals surface area contributed by atoms with Gasteiger partial charge in [-0.2, -0.15) is 10.4 Å². The summed E-state index contributed by atoms with van der Waals surface area (Å²) in [4.78, 5) is 19.2. The van der Waals surface area contributed by atoms with Crippen LogP contribution >= 0.6 is 11.6 Å². The first kappa shape index (κ1) is 11.0. The van der Waals surface area contributed by atoms with Gasteiger partial charge in [-0.05, 0) is 0 Å². The Labute approximate surface area is 100 Å². The van der Waals surface area contributed by atoms with Crippen molar-refractivity contribution >= 4 is 23.3 Å². The molecule has 0 aliphatic carbocycles. The third-order valence-corrected chi connectivity index (χ3v) is 2.02. The summed E-state index contributed by atoms with van der Waals surface area (Å²) in [5, 5.41) is 17.4. The average Bonchev–Trinajstić information content (AvgIpc) is 2.76. The topological polar surface area (TPSA) is 107 Å². The highest BCUT2D eigenvalue weighted by molar-refractivity contribution is 6.29. The number of nitrogens with one attached hydrogen (secondary N) is 2. The second-order valence-electron chi connectivity index (χ2n) is 2.95. The molecule has 0 bridgehead atoms. The molecule has 0 spiro atoms. The summed E-state index contributed by atoms with van der Waals surface area (Å²) >= 11 is 5.60. The zero-order valence-electron chi connectivity index (χ0n) is 8.31. The van der Waals surface area contributed by atoms with Crippen LogP contribution in [0, 0.1) is 11.3 Å². The molecule has 2 N–H and O–H groups in total. The van der Waals surface area contributed by atoms with Gasteiger partial charge in [0.15, 0.2) is 0 Å². The van der Waals surface area contributed by atoms with E-state index in [0.717, 1.165) is 0 Å². The Hall–Kier alpha value is -2.46. The maximum absolute atomic E-state index is 11.7. The van der Waals surface area contributed by atoms with E-state index < -0.39 is 5.91 Å². The van der Waals surface area contributed by atoms with Crippen LogP contribution in [-0.4, -0.2) is 26.1 Å². The fourth-order valence-corrected chi connectivity index (χ4v) is 1.24. The Morgan fingerprint density at radius 2 is 2.29 bits per heavy atom. The second kappa shape index (κ2) is 4.59. The molecule has 0 saturated carbocycles. The number of halogens is 1. The van der Waals surface area contributed by atoms with Crippen molar-refractivity contribution in [1.82, 2.24) is 20.2 Å². The van der Waals surface area contributed by atoms with Crippen LogP contribution in [0.3, 0.4) is 0 Å². The molecule has 0 unspecified atom stereocenters. The van der Waals surface area contributed by atoms with Gasteiger partial charge in [0.2, 0.25) is 0 Å². The molecule has 2 heterocycles. The molecule has 0 aliphatic rings. The zero-order chi connectivity index (χ0) is 12.3. The molecule has 7 nitrogen and oxygen atoms in total. The number of aromatic nitrogens is 4. The van der Waals surface area contributed by atoms with Crippen LogP contribution in [0.4, 0.5) is 5.82 Å². The largest absolute Gasteiger partial charge is 0.304 e. The second-order valence-corrected chi connectivity index (χ2v) is 3.34. The summed E-state index contributed by atoms with van der Waals surface area (Å²) in [7, 11) is 0. The fourth-order valence-electron chi connectivity index (χ4n) is 1.10. The first-order valence-electron chi connectivity index (χ1n) is 4.43. The maximum atomic E-state index is 11.7. The molecule has 8 heteroatoms. The van der Waals surface area contributed by atoms with Crippen LogP contribution in [0.15, 0.2) is 18.6 Å². The number of carbonyl (C=O) groups is 1.